The maximum atomic E-state index is 12.3. The van der Waals surface area contributed by atoms with Crippen LogP contribution in [0.25, 0.3) is 10.2 Å². The van der Waals surface area contributed by atoms with E-state index in [-0.39, 0.29) is 10.6 Å². The molecule has 0 saturated carbocycles. The number of aromatic nitrogens is 1. The largest absolute Gasteiger partial charge is 0.368 e. The van der Waals surface area contributed by atoms with Gasteiger partial charge in [-0.2, -0.15) is 8.42 Å². The summed E-state index contributed by atoms with van der Waals surface area (Å²) in [6.45, 7) is 3.05. The minimum atomic E-state index is -4.45. The van der Waals surface area contributed by atoms with Gasteiger partial charge in [-0.3, -0.25) is 4.55 Å². The minimum Gasteiger partial charge on any atom is -0.368 e. The number of aryl methyl sites for hydroxylation is 1. The summed E-state index contributed by atoms with van der Waals surface area (Å²) in [6.07, 6.45) is 3.29. The molecular formula is C20H19BrN4O3S2. The second-order valence-corrected chi connectivity index (χ2v) is 11.0. The molecule has 3 heterocycles. The van der Waals surface area contributed by atoms with Crippen molar-refractivity contribution < 1.29 is 13.0 Å². The van der Waals surface area contributed by atoms with Gasteiger partial charge in [-0.15, -0.1) is 10.2 Å². The molecule has 0 fully saturated rings. The van der Waals surface area contributed by atoms with Crippen LogP contribution in [-0.2, 0) is 23.0 Å². The van der Waals surface area contributed by atoms with Gasteiger partial charge in [-0.25, -0.2) is 4.98 Å². The number of anilines is 1. The summed E-state index contributed by atoms with van der Waals surface area (Å²) in [5.41, 5.74) is 3.67. The maximum absolute atomic E-state index is 12.3. The second kappa shape index (κ2) is 7.37. The normalized spacial score (nSPS) is 18.9. The number of azo groups is 1. The predicted molar refractivity (Wildman–Crippen MR) is 121 cm³/mol. The molecule has 1 aromatic heterocycles. The van der Waals surface area contributed by atoms with Crippen molar-refractivity contribution in [3.05, 3.63) is 39.9 Å². The zero-order valence-corrected chi connectivity index (χ0v) is 19.4. The van der Waals surface area contributed by atoms with E-state index in [9.17, 15) is 13.0 Å². The summed E-state index contributed by atoms with van der Waals surface area (Å²) in [4.78, 5) is 6.59. The van der Waals surface area contributed by atoms with Gasteiger partial charge in [0.05, 0.1) is 10.2 Å². The lowest BCUT2D eigenvalue weighted by atomic mass is 9.88. The van der Waals surface area contributed by atoms with E-state index in [1.165, 1.54) is 11.3 Å². The van der Waals surface area contributed by atoms with E-state index in [0.29, 0.717) is 23.2 Å². The van der Waals surface area contributed by atoms with Crippen LogP contribution in [0, 0.1) is 0 Å². The summed E-state index contributed by atoms with van der Waals surface area (Å²) in [5.74, 6) is 0. The monoisotopic (exact) mass is 506 g/mol. The fourth-order valence-corrected chi connectivity index (χ4v) is 6.64. The first-order chi connectivity index (χ1) is 14.3. The standard InChI is InChI=1S/C20H19BrN4O3S2/c1-11-4-6-14-18-12(3-2-8-25(11)18)9-16(19(14)30(26,27)28)23-24-20-22-15-7-5-13(21)10-17(15)29-20/h5,7,9-11H,2-4,6,8H2,1H3,(H,26,27,28). The van der Waals surface area contributed by atoms with Gasteiger partial charge in [0.25, 0.3) is 10.1 Å². The number of thiazole rings is 1. The molecule has 0 amide bonds. The van der Waals surface area contributed by atoms with Crippen LogP contribution < -0.4 is 4.90 Å². The van der Waals surface area contributed by atoms with Crippen LogP contribution >= 0.6 is 27.3 Å². The molecule has 1 atom stereocenters. The van der Waals surface area contributed by atoms with Crippen molar-refractivity contribution in [2.75, 3.05) is 11.4 Å². The van der Waals surface area contributed by atoms with E-state index >= 15 is 0 Å². The molecule has 5 rings (SSSR count). The Hall–Kier alpha value is -1.88. The molecule has 1 N–H and O–H groups in total. The second-order valence-electron chi connectivity index (χ2n) is 7.68. The molecule has 10 heteroatoms. The highest BCUT2D eigenvalue weighted by atomic mass is 79.9. The van der Waals surface area contributed by atoms with Crippen molar-refractivity contribution >= 4 is 64.1 Å². The number of halogens is 1. The van der Waals surface area contributed by atoms with Gasteiger partial charge >= 0.3 is 0 Å². The van der Waals surface area contributed by atoms with E-state index in [1.807, 2.05) is 18.2 Å². The first-order valence-corrected chi connectivity index (χ1v) is 12.8. The third-order valence-corrected chi connectivity index (χ3v) is 8.09. The molecule has 0 saturated heterocycles. The van der Waals surface area contributed by atoms with E-state index in [4.69, 9.17) is 0 Å². The third-order valence-electron chi connectivity index (χ3n) is 5.72. The van der Waals surface area contributed by atoms with Crippen LogP contribution in [0.3, 0.4) is 0 Å². The SMILES string of the molecule is CC1CCc2c3c(cc(N=Nc4nc5ccc(Br)cc5s4)c2S(=O)(=O)O)CCCN31. The average Bonchev–Trinajstić information content (AvgIpc) is 3.10. The summed E-state index contributed by atoms with van der Waals surface area (Å²) in [5, 5.41) is 8.91. The Labute approximate surface area is 186 Å². The van der Waals surface area contributed by atoms with Crippen molar-refractivity contribution in [3.8, 4) is 0 Å². The predicted octanol–water partition coefficient (Wildman–Crippen LogP) is 5.81. The van der Waals surface area contributed by atoms with Gasteiger partial charge in [0.1, 0.15) is 10.6 Å². The first kappa shape index (κ1) is 20.0. The molecule has 2 aliphatic heterocycles. The van der Waals surface area contributed by atoms with Gasteiger partial charge in [0, 0.05) is 22.7 Å². The first-order valence-electron chi connectivity index (χ1n) is 9.72. The Balaban J connectivity index is 1.65. The van der Waals surface area contributed by atoms with Gasteiger partial charge in [-0.1, -0.05) is 27.3 Å². The van der Waals surface area contributed by atoms with Crippen LogP contribution in [0.5, 0.6) is 0 Å². The number of fused-ring (bicyclic) bond motifs is 1. The van der Waals surface area contributed by atoms with Crippen LogP contribution in [0.1, 0.15) is 30.9 Å². The highest BCUT2D eigenvalue weighted by molar-refractivity contribution is 9.10. The number of hydrogen-bond acceptors (Lipinski definition) is 7. The Morgan fingerprint density at radius 3 is 2.90 bits per heavy atom. The Bertz CT molecular complexity index is 1300. The van der Waals surface area contributed by atoms with Crippen LogP contribution in [0.15, 0.2) is 43.9 Å². The zero-order chi connectivity index (χ0) is 21.0. The maximum Gasteiger partial charge on any atom is 0.297 e. The highest BCUT2D eigenvalue weighted by Crippen LogP contribution is 2.45. The fourth-order valence-electron chi connectivity index (χ4n) is 4.42. The van der Waals surface area contributed by atoms with Gasteiger partial charge in [0.15, 0.2) is 0 Å². The lowest BCUT2D eigenvalue weighted by Crippen LogP contribution is -2.41. The lowest BCUT2D eigenvalue weighted by Gasteiger charge is -2.42. The summed E-state index contributed by atoms with van der Waals surface area (Å²) >= 11 is 4.81. The van der Waals surface area contributed by atoms with Crippen molar-refractivity contribution in [1.29, 1.82) is 0 Å². The zero-order valence-electron chi connectivity index (χ0n) is 16.2. The molecule has 0 radical (unpaired) electrons. The molecular weight excluding hydrogens is 488 g/mol. The van der Waals surface area contributed by atoms with E-state index in [2.05, 4.69) is 43.0 Å². The number of hydrogen-bond donors (Lipinski definition) is 1. The molecule has 0 spiro atoms. The molecule has 0 bridgehead atoms. The molecule has 2 aromatic carbocycles. The van der Waals surface area contributed by atoms with E-state index in [1.54, 1.807) is 6.07 Å². The third kappa shape index (κ3) is 3.45. The van der Waals surface area contributed by atoms with Crippen molar-refractivity contribution in [1.82, 2.24) is 4.98 Å². The smallest absolute Gasteiger partial charge is 0.297 e. The fraction of sp³-hybridized carbons (Fsp3) is 0.350. The number of benzene rings is 2. The summed E-state index contributed by atoms with van der Waals surface area (Å²) < 4.78 is 36.6. The average molecular weight is 507 g/mol. The topological polar surface area (TPSA) is 95.2 Å². The summed E-state index contributed by atoms with van der Waals surface area (Å²) in [6, 6.07) is 7.85. The van der Waals surface area contributed by atoms with Crippen LogP contribution in [0.4, 0.5) is 16.5 Å². The summed E-state index contributed by atoms with van der Waals surface area (Å²) in [7, 11) is -4.45. The Morgan fingerprint density at radius 1 is 1.27 bits per heavy atom. The van der Waals surface area contributed by atoms with Crippen molar-refractivity contribution in [2.24, 2.45) is 10.2 Å². The number of rotatable bonds is 3. The Kier molecular flexibility index (Phi) is 4.92. The quantitative estimate of drug-likeness (QED) is 0.357. The number of nitrogens with zero attached hydrogens (tertiary/aromatic N) is 4. The van der Waals surface area contributed by atoms with E-state index < -0.39 is 10.1 Å². The van der Waals surface area contributed by atoms with Gasteiger partial charge in [0.2, 0.25) is 5.13 Å². The molecule has 3 aromatic rings. The highest BCUT2D eigenvalue weighted by Gasteiger charge is 2.34. The minimum absolute atomic E-state index is 0.118. The van der Waals surface area contributed by atoms with Gasteiger partial charge in [-0.05, 0) is 68.0 Å². The van der Waals surface area contributed by atoms with Gasteiger partial charge < -0.3 is 4.90 Å². The Morgan fingerprint density at radius 2 is 2.10 bits per heavy atom. The van der Waals surface area contributed by atoms with Crippen LogP contribution in [-0.4, -0.2) is 30.5 Å². The molecule has 1 unspecified atom stereocenters. The molecule has 30 heavy (non-hydrogen) atoms. The van der Waals surface area contributed by atoms with Crippen molar-refractivity contribution in [2.45, 2.75) is 43.5 Å². The van der Waals surface area contributed by atoms with Crippen molar-refractivity contribution in [3.63, 3.8) is 0 Å². The lowest BCUT2D eigenvalue weighted by molar-refractivity contribution is 0.478. The molecule has 156 valence electrons. The molecule has 0 aliphatic carbocycles. The van der Waals surface area contributed by atoms with Crippen LogP contribution in [0.2, 0.25) is 0 Å². The molecule has 7 nitrogen and oxygen atoms in total. The van der Waals surface area contributed by atoms with E-state index in [0.717, 1.165) is 51.7 Å². The molecule has 2 aliphatic rings.